The Morgan fingerprint density at radius 3 is 2.87 bits per heavy atom. The molecule has 1 atom stereocenters. The molecular weight excluding hydrogens is 212 g/mol. The van der Waals surface area contributed by atoms with Crippen molar-refractivity contribution in [1.29, 1.82) is 0 Å². The van der Waals surface area contributed by atoms with Crippen molar-refractivity contribution in [3.05, 3.63) is 29.8 Å². The van der Waals surface area contributed by atoms with Gasteiger partial charge in [0.1, 0.15) is 5.75 Å². The molecule has 0 amide bonds. The Balaban J connectivity index is 2.77. The Morgan fingerprint density at radius 2 is 2.27 bits per heavy atom. The Kier molecular flexibility index (Phi) is 4.63. The molecule has 3 heteroatoms. The monoisotopic (exact) mass is 226 g/mol. The highest BCUT2D eigenvalue weighted by molar-refractivity contribution is 6.61. The van der Waals surface area contributed by atoms with Gasteiger partial charge < -0.3 is 4.74 Å². The number of benzene rings is 1. The highest BCUT2D eigenvalue weighted by Crippen LogP contribution is 2.24. The molecule has 0 saturated heterocycles. The van der Waals surface area contributed by atoms with Crippen molar-refractivity contribution in [3.63, 3.8) is 0 Å². The molecular formula is C12H15ClO2. The SMILES string of the molecule is CCCC(C)c1cccc(OC(=O)Cl)c1. The van der Waals surface area contributed by atoms with Crippen LogP contribution in [0.1, 0.15) is 38.2 Å². The fourth-order valence-corrected chi connectivity index (χ4v) is 1.67. The van der Waals surface area contributed by atoms with Gasteiger partial charge in [-0.05, 0) is 30.0 Å². The van der Waals surface area contributed by atoms with E-state index in [1.165, 1.54) is 5.56 Å². The first-order chi connectivity index (χ1) is 7.13. The average molecular weight is 227 g/mol. The molecule has 0 N–H and O–H groups in total. The van der Waals surface area contributed by atoms with E-state index in [4.69, 9.17) is 16.3 Å². The number of rotatable bonds is 4. The van der Waals surface area contributed by atoms with Crippen LogP contribution in [0.3, 0.4) is 0 Å². The third kappa shape index (κ3) is 3.92. The van der Waals surface area contributed by atoms with Crippen LogP contribution in [0.5, 0.6) is 5.75 Å². The summed E-state index contributed by atoms with van der Waals surface area (Å²) < 4.78 is 4.81. The summed E-state index contributed by atoms with van der Waals surface area (Å²) in [7, 11) is 0. The molecule has 82 valence electrons. The Labute approximate surface area is 95.2 Å². The van der Waals surface area contributed by atoms with E-state index in [2.05, 4.69) is 13.8 Å². The second-order valence-corrected chi connectivity index (χ2v) is 3.91. The van der Waals surface area contributed by atoms with Gasteiger partial charge in [-0.3, -0.25) is 0 Å². The molecule has 0 aliphatic heterocycles. The normalized spacial score (nSPS) is 12.2. The van der Waals surface area contributed by atoms with E-state index in [0.29, 0.717) is 11.7 Å². The molecule has 0 bridgehead atoms. The second-order valence-electron chi connectivity index (χ2n) is 3.60. The van der Waals surface area contributed by atoms with Crippen LogP contribution < -0.4 is 4.74 Å². The summed E-state index contributed by atoms with van der Waals surface area (Å²) >= 11 is 5.14. The average Bonchev–Trinajstić information content (AvgIpc) is 2.17. The summed E-state index contributed by atoms with van der Waals surface area (Å²) in [5, 5.41) is 0. The van der Waals surface area contributed by atoms with Gasteiger partial charge in [0, 0.05) is 11.6 Å². The molecule has 15 heavy (non-hydrogen) atoms. The molecule has 2 nitrogen and oxygen atoms in total. The lowest BCUT2D eigenvalue weighted by atomic mass is 9.96. The molecule has 0 spiro atoms. The van der Waals surface area contributed by atoms with Gasteiger partial charge in [-0.25, -0.2) is 4.79 Å². The molecule has 0 aliphatic rings. The number of carbonyl (C=O) groups excluding carboxylic acids is 1. The van der Waals surface area contributed by atoms with Crippen LogP contribution in [0.25, 0.3) is 0 Å². The van der Waals surface area contributed by atoms with Gasteiger partial charge in [0.05, 0.1) is 0 Å². The van der Waals surface area contributed by atoms with Crippen molar-refractivity contribution < 1.29 is 9.53 Å². The number of hydrogen-bond acceptors (Lipinski definition) is 2. The molecule has 1 aromatic rings. The summed E-state index contributed by atoms with van der Waals surface area (Å²) in [6.45, 7) is 4.31. The van der Waals surface area contributed by atoms with Crippen LogP contribution in [-0.2, 0) is 0 Å². The van der Waals surface area contributed by atoms with Crippen molar-refractivity contribution >= 4 is 17.0 Å². The summed E-state index contributed by atoms with van der Waals surface area (Å²) in [6, 6.07) is 7.49. The molecule has 1 rings (SSSR count). The van der Waals surface area contributed by atoms with Crippen LogP contribution in [0, 0.1) is 0 Å². The van der Waals surface area contributed by atoms with Crippen molar-refractivity contribution in [2.75, 3.05) is 0 Å². The zero-order valence-corrected chi connectivity index (χ0v) is 9.75. The maximum atomic E-state index is 10.6. The molecule has 0 fully saturated rings. The summed E-state index contributed by atoms with van der Waals surface area (Å²) in [4.78, 5) is 10.6. The molecule has 0 heterocycles. The van der Waals surface area contributed by atoms with E-state index >= 15 is 0 Å². The highest BCUT2D eigenvalue weighted by atomic mass is 35.5. The number of hydrogen-bond donors (Lipinski definition) is 0. The quantitative estimate of drug-likeness (QED) is 0.715. The van der Waals surface area contributed by atoms with E-state index in [0.717, 1.165) is 12.8 Å². The molecule has 1 unspecified atom stereocenters. The number of ether oxygens (including phenoxy) is 1. The topological polar surface area (TPSA) is 26.3 Å². The van der Waals surface area contributed by atoms with Gasteiger partial charge >= 0.3 is 5.43 Å². The molecule has 0 radical (unpaired) electrons. The van der Waals surface area contributed by atoms with E-state index in [9.17, 15) is 4.79 Å². The van der Waals surface area contributed by atoms with E-state index < -0.39 is 5.43 Å². The second kappa shape index (κ2) is 5.76. The number of halogens is 1. The largest absolute Gasteiger partial charge is 0.414 e. The molecule has 1 aromatic carbocycles. The maximum absolute atomic E-state index is 10.6. The fourth-order valence-electron chi connectivity index (χ4n) is 1.58. The first kappa shape index (κ1) is 12.1. The summed E-state index contributed by atoms with van der Waals surface area (Å²) in [6.07, 6.45) is 2.26. The van der Waals surface area contributed by atoms with Crippen LogP contribution in [0.2, 0.25) is 0 Å². The van der Waals surface area contributed by atoms with Crippen molar-refractivity contribution in [2.24, 2.45) is 0 Å². The highest BCUT2D eigenvalue weighted by Gasteiger charge is 2.06. The Morgan fingerprint density at radius 1 is 1.53 bits per heavy atom. The Bertz CT molecular complexity index is 336. The van der Waals surface area contributed by atoms with E-state index in [1.54, 1.807) is 6.07 Å². The smallest absolute Gasteiger partial charge is 0.409 e. The van der Waals surface area contributed by atoms with Gasteiger partial charge in [0.15, 0.2) is 0 Å². The number of carbonyl (C=O) groups is 1. The minimum atomic E-state index is -0.796. The minimum Gasteiger partial charge on any atom is -0.414 e. The molecule has 0 saturated carbocycles. The lowest BCUT2D eigenvalue weighted by Crippen LogP contribution is -1.98. The predicted octanol–water partition coefficient (Wildman–Crippen LogP) is 4.33. The van der Waals surface area contributed by atoms with Gasteiger partial charge in [0.2, 0.25) is 0 Å². The standard InChI is InChI=1S/C12H15ClO2/c1-3-5-9(2)10-6-4-7-11(8-10)15-12(13)14/h4,6-9H,3,5H2,1-2H3. The van der Waals surface area contributed by atoms with E-state index in [1.807, 2.05) is 18.2 Å². The maximum Gasteiger partial charge on any atom is 0.409 e. The van der Waals surface area contributed by atoms with Crippen LogP contribution in [-0.4, -0.2) is 5.43 Å². The fraction of sp³-hybridized carbons (Fsp3) is 0.417. The summed E-state index contributed by atoms with van der Waals surface area (Å²) in [5.74, 6) is 0.986. The van der Waals surface area contributed by atoms with Crippen LogP contribution in [0.15, 0.2) is 24.3 Å². The van der Waals surface area contributed by atoms with Crippen LogP contribution in [0.4, 0.5) is 4.79 Å². The first-order valence-corrected chi connectivity index (χ1v) is 5.48. The minimum absolute atomic E-state index is 0.476. The van der Waals surface area contributed by atoms with Crippen molar-refractivity contribution in [2.45, 2.75) is 32.6 Å². The predicted molar refractivity (Wildman–Crippen MR) is 61.6 cm³/mol. The third-order valence-corrected chi connectivity index (χ3v) is 2.42. The third-order valence-electron chi connectivity index (χ3n) is 2.35. The lowest BCUT2D eigenvalue weighted by molar-refractivity contribution is 0.225. The van der Waals surface area contributed by atoms with Gasteiger partial charge in [-0.15, -0.1) is 0 Å². The summed E-state index contributed by atoms with van der Waals surface area (Å²) in [5.41, 5.74) is 0.377. The van der Waals surface area contributed by atoms with E-state index in [-0.39, 0.29) is 0 Å². The van der Waals surface area contributed by atoms with Crippen LogP contribution >= 0.6 is 11.6 Å². The zero-order valence-electron chi connectivity index (χ0n) is 9.00. The van der Waals surface area contributed by atoms with Gasteiger partial charge in [-0.2, -0.15) is 0 Å². The van der Waals surface area contributed by atoms with Crippen molar-refractivity contribution in [1.82, 2.24) is 0 Å². The Hall–Kier alpha value is -1.02. The molecule has 0 aromatic heterocycles. The molecule has 0 aliphatic carbocycles. The van der Waals surface area contributed by atoms with Crippen molar-refractivity contribution in [3.8, 4) is 5.75 Å². The lowest BCUT2D eigenvalue weighted by Gasteiger charge is -2.11. The zero-order chi connectivity index (χ0) is 11.3. The van der Waals surface area contributed by atoms with Gasteiger partial charge in [-0.1, -0.05) is 32.4 Å². The first-order valence-electron chi connectivity index (χ1n) is 5.10. The van der Waals surface area contributed by atoms with Gasteiger partial charge in [0.25, 0.3) is 0 Å².